The quantitative estimate of drug-likeness (QED) is 0.564. The summed E-state index contributed by atoms with van der Waals surface area (Å²) in [5.41, 5.74) is 0.274. The maximum absolute atomic E-state index is 11.4. The molecule has 0 aliphatic carbocycles. The first-order valence-corrected chi connectivity index (χ1v) is 7.51. The molecule has 0 radical (unpaired) electrons. The van der Waals surface area contributed by atoms with Gasteiger partial charge in [-0.1, -0.05) is 6.58 Å². The highest BCUT2D eigenvalue weighted by molar-refractivity contribution is 8.06. The van der Waals surface area contributed by atoms with Crippen LogP contribution in [0.5, 0.6) is 0 Å². The van der Waals surface area contributed by atoms with Gasteiger partial charge in [-0.3, -0.25) is 4.79 Å². The van der Waals surface area contributed by atoms with Crippen molar-refractivity contribution >= 4 is 35.5 Å². The molecule has 0 aromatic heterocycles. The van der Waals surface area contributed by atoms with E-state index in [4.69, 9.17) is 9.47 Å². The lowest BCUT2D eigenvalue weighted by Gasteiger charge is -2.20. The third-order valence-electron chi connectivity index (χ3n) is 1.94. The molecule has 0 N–H and O–H groups in total. The molecule has 17 heavy (non-hydrogen) atoms. The number of carbonyl (C=O) groups is 2. The maximum Gasteiger partial charge on any atom is 0.333 e. The number of ether oxygens (including phenoxy) is 2. The first-order valence-electron chi connectivity index (χ1n) is 5.31. The highest BCUT2D eigenvalue weighted by atomic mass is 32.2. The van der Waals surface area contributed by atoms with Crippen LogP contribution < -0.4 is 0 Å². The van der Waals surface area contributed by atoms with Gasteiger partial charge < -0.3 is 9.47 Å². The van der Waals surface area contributed by atoms with E-state index >= 15 is 0 Å². The van der Waals surface area contributed by atoms with E-state index in [2.05, 4.69) is 6.58 Å². The Bertz CT molecular complexity index is 298. The molecular formula is C11H16O4S2. The molecule has 6 heteroatoms. The minimum Gasteiger partial charge on any atom is -0.462 e. The van der Waals surface area contributed by atoms with E-state index in [9.17, 15) is 9.59 Å². The molecule has 1 fully saturated rings. The van der Waals surface area contributed by atoms with Crippen LogP contribution in [0.4, 0.5) is 0 Å². The number of thioether (sulfide) groups is 2. The normalized spacial score (nSPS) is 19.5. The van der Waals surface area contributed by atoms with Crippen molar-refractivity contribution in [3.8, 4) is 0 Å². The van der Waals surface area contributed by atoms with Crippen molar-refractivity contribution in [3.05, 3.63) is 12.2 Å². The van der Waals surface area contributed by atoms with Crippen molar-refractivity contribution in [2.45, 2.75) is 18.8 Å². The van der Waals surface area contributed by atoms with Gasteiger partial charge in [0.2, 0.25) is 0 Å². The van der Waals surface area contributed by atoms with Crippen molar-refractivity contribution in [2.75, 3.05) is 23.9 Å². The summed E-state index contributed by atoms with van der Waals surface area (Å²) < 4.78 is 10.0. The zero-order valence-electron chi connectivity index (χ0n) is 9.77. The lowest BCUT2D eigenvalue weighted by Crippen LogP contribution is -2.22. The lowest BCUT2D eigenvalue weighted by atomic mass is 10.4. The van der Waals surface area contributed by atoms with Crippen LogP contribution in [0.2, 0.25) is 0 Å². The van der Waals surface area contributed by atoms with Crippen molar-refractivity contribution in [1.29, 1.82) is 0 Å². The van der Waals surface area contributed by atoms with E-state index in [0.717, 1.165) is 17.3 Å². The van der Waals surface area contributed by atoms with Crippen LogP contribution in [0.1, 0.15) is 13.3 Å². The van der Waals surface area contributed by atoms with Gasteiger partial charge in [0.1, 0.15) is 6.61 Å². The fraction of sp³-hybridized carbons (Fsp3) is 0.636. The molecule has 1 rings (SSSR count). The van der Waals surface area contributed by atoms with E-state index in [1.807, 2.05) is 0 Å². The van der Waals surface area contributed by atoms with E-state index in [1.165, 1.54) is 0 Å². The van der Waals surface area contributed by atoms with Crippen LogP contribution in [-0.4, -0.2) is 41.2 Å². The SMILES string of the molecule is C=C(C)C(=O)OCCC(=O)OC1CSCCS1. The molecule has 0 bridgehead atoms. The van der Waals surface area contributed by atoms with E-state index in [0.29, 0.717) is 5.57 Å². The van der Waals surface area contributed by atoms with Gasteiger partial charge in [0.15, 0.2) is 5.44 Å². The van der Waals surface area contributed by atoms with Crippen LogP contribution in [0.25, 0.3) is 0 Å². The monoisotopic (exact) mass is 276 g/mol. The average molecular weight is 276 g/mol. The Kier molecular flexibility index (Phi) is 6.50. The number of hydrogen-bond acceptors (Lipinski definition) is 6. The molecule has 1 heterocycles. The summed E-state index contributed by atoms with van der Waals surface area (Å²) in [6.07, 6.45) is 0.0980. The number of carbonyl (C=O) groups excluding carboxylic acids is 2. The second-order valence-corrected chi connectivity index (χ2v) is 5.95. The highest BCUT2D eigenvalue weighted by Gasteiger charge is 2.18. The van der Waals surface area contributed by atoms with Gasteiger partial charge in [-0.05, 0) is 6.92 Å². The average Bonchev–Trinajstić information content (AvgIpc) is 2.30. The van der Waals surface area contributed by atoms with Gasteiger partial charge in [-0.15, -0.1) is 11.8 Å². The smallest absolute Gasteiger partial charge is 0.333 e. The molecule has 0 aromatic carbocycles. The van der Waals surface area contributed by atoms with Crippen molar-refractivity contribution < 1.29 is 19.1 Å². The molecule has 0 spiro atoms. The summed E-state index contributed by atoms with van der Waals surface area (Å²) >= 11 is 3.43. The molecule has 1 atom stereocenters. The Morgan fingerprint density at radius 3 is 2.76 bits per heavy atom. The fourth-order valence-corrected chi connectivity index (χ4v) is 3.49. The Hall–Kier alpha value is -0.620. The van der Waals surface area contributed by atoms with Crippen molar-refractivity contribution in [2.24, 2.45) is 0 Å². The minimum absolute atomic E-state index is 0.0507. The van der Waals surface area contributed by atoms with E-state index in [-0.39, 0.29) is 24.4 Å². The molecule has 1 unspecified atom stereocenters. The van der Waals surface area contributed by atoms with Crippen LogP contribution in [0, 0.1) is 0 Å². The topological polar surface area (TPSA) is 52.6 Å². The molecule has 1 aliphatic rings. The first kappa shape index (κ1) is 14.4. The number of rotatable bonds is 5. The predicted octanol–water partition coefficient (Wildman–Crippen LogP) is 1.85. The van der Waals surface area contributed by atoms with Gasteiger partial charge in [0.05, 0.1) is 6.42 Å². The predicted molar refractivity (Wildman–Crippen MR) is 70.1 cm³/mol. The summed E-state index contributed by atoms with van der Waals surface area (Å²) in [7, 11) is 0. The molecule has 0 saturated carbocycles. The summed E-state index contributed by atoms with van der Waals surface area (Å²) in [5, 5.41) is 0. The summed E-state index contributed by atoms with van der Waals surface area (Å²) in [5.74, 6) is 2.16. The van der Waals surface area contributed by atoms with Crippen molar-refractivity contribution in [3.63, 3.8) is 0 Å². The third kappa shape index (κ3) is 6.02. The number of esters is 2. The zero-order valence-corrected chi connectivity index (χ0v) is 11.4. The molecule has 1 aliphatic heterocycles. The second-order valence-electron chi connectivity index (χ2n) is 3.53. The standard InChI is InChI=1S/C11H16O4S2/c1-8(2)11(13)14-4-3-9(12)15-10-7-16-5-6-17-10/h10H,1,3-7H2,2H3. The first-order chi connectivity index (χ1) is 8.09. The minimum atomic E-state index is -0.472. The van der Waals surface area contributed by atoms with Gasteiger partial charge in [0, 0.05) is 22.8 Å². The molecular weight excluding hydrogens is 260 g/mol. The number of hydrogen-bond donors (Lipinski definition) is 0. The van der Waals surface area contributed by atoms with E-state index < -0.39 is 5.97 Å². The largest absolute Gasteiger partial charge is 0.462 e. The van der Waals surface area contributed by atoms with E-state index in [1.54, 1.807) is 30.4 Å². The Morgan fingerprint density at radius 1 is 1.41 bits per heavy atom. The van der Waals surface area contributed by atoms with Gasteiger partial charge in [-0.25, -0.2) is 4.79 Å². The van der Waals surface area contributed by atoms with Crippen LogP contribution >= 0.6 is 23.5 Å². The van der Waals surface area contributed by atoms with Gasteiger partial charge in [0.25, 0.3) is 0 Å². The molecule has 0 amide bonds. The summed E-state index contributed by atoms with van der Waals surface area (Å²) in [6.45, 7) is 5.07. The second kappa shape index (κ2) is 7.66. The van der Waals surface area contributed by atoms with Crippen LogP contribution in [-0.2, 0) is 19.1 Å². The Morgan fingerprint density at radius 2 is 2.18 bits per heavy atom. The van der Waals surface area contributed by atoms with Gasteiger partial charge >= 0.3 is 11.9 Å². The summed E-state index contributed by atoms with van der Waals surface area (Å²) in [6, 6.07) is 0. The van der Waals surface area contributed by atoms with Crippen LogP contribution in [0.15, 0.2) is 12.2 Å². The lowest BCUT2D eigenvalue weighted by molar-refractivity contribution is -0.148. The Balaban J connectivity index is 2.12. The molecule has 4 nitrogen and oxygen atoms in total. The molecule has 96 valence electrons. The maximum atomic E-state index is 11.4. The van der Waals surface area contributed by atoms with Crippen molar-refractivity contribution in [1.82, 2.24) is 0 Å². The zero-order chi connectivity index (χ0) is 12.7. The fourth-order valence-electron chi connectivity index (χ4n) is 1.09. The molecule has 1 saturated heterocycles. The summed E-state index contributed by atoms with van der Waals surface area (Å²) in [4.78, 5) is 22.4. The Labute approximate surface area is 109 Å². The van der Waals surface area contributed by atoms with Gasteiger partial charge in [-0.2, -0.15) is 11.8 Å². The third-order valence-corrected chi connectivity index (χ3v) is 4.51. The molecule has 0 aromatic rings. The van der Waals surface area contributed by atoms with Crippen LogP contribution in [0.3, 0.4) is 0 Å². The highest BCUT2D eigenvalue weighted by Crippen LogP contribution is 2.24.